The normalized spacial score (nSPS) is 11.8. The molecule has 1 atom stereocenters. The van der Waals surface area contributed by atoms with Crippen LogP contribution in [-0.4, -0.2) is 32.7 Å². The summed E-state index contributed by atoms with van der Waals surface area (Å²) in [6.07, 6.45) is 0.734. The van der Waals surface area contributed by atoms with Crippen LogP contribution in [0, 0.1) is 0 Å². The summed E-state index contributed by atoms with van der Waals surface area (Å²) in [7, 11) is 3.05. The smallest absolute Gasteiger partial charge is 0.255 e. The zero-order chi connectivity index (χ0) is 13.5. The van der Waals surface area contributed by atoms with Crippen molar-refractivity contribution in [2.45, 2.75) is 19.4 Å². The third kappa shape index (κ3) is 3.37. The Labute approximate surface area is 107 Å². The average molecular weight is 252 g/mol. The highest BCUT2D eigenvalue weighted by molar-refractivity contribution is 5.97. The minimum absolute atomic E-state index is 0.0263. The molecule has 1 rings (SSSR count). The maximum absolute atomic E-state index is 12.1. The number of carbonyl (C=O) groups is 1. The van der Waals surface area contributed by atoms with Gasteiger partial charge in [-0.2, -0.15) is 0 Å². The van der Waals surface area contributed by atoms with Gasteiger partial charge in [-0.3, -0.25) is 4.79 Å². The molecular weight excluding hydrogens is 232 g/mol. The quantitative estimate of drug-likeness (QED) is 0.797. The number of ether oxygens (including phenoxy) is 2. The molecule has 100 valence electrons. The number of nitrogens with one attached hydrogen (secondary N) is 1. The fourth-order valence-electron chi connectivity index (χ4n) is 1.69. The Morgan fingerprint density at radius 1 is 1.39 bits per heavy atom. The van der Waals surface area contributed by atoms with Crippen LogP contribution in [-0.2, 0) is 0 Å². The van der Waals surface area contributed by atoms with E-state index in [9.17, 15) is 4.79 Å². The molecule has 0 aliphatic heterocycles. The van der Waals surface area contributed by atoms with Gasteiger partial charge in [0.2, 0.25) is 0 Å². The third-order valence-corrected chi connectivity index (χ3v) is 2.62. The van der Waals surface area contributed by atoms with Crippen molar-refractivity contribution in [3.63, 3.8) is 0 Å². The first-order valence-electron chi connectivity index (χ1n) is 5.86. The van der Waals surface area contributed by atoms with Gasteiger partial charge in [-0.15, -0.1) is 0 Å². The standard InChI is InChI=1S/C13H20N2O3/c1-9(7-8-14)15-13(16)10-5-4-6-11(17-2)12(10)18-3/h4-6,9H,7-8,14H2,1-3H3,(H,15,16). The number of hydrogen-bond donors (Lipinski definition) is 2. The topological polar surface area (TPSA) is 73.6 Å². The molecule has 1 amide bonds. The van der Waals surface area contributed by atoms with E-state index in [-0.39, 0.29) is 11.9 Å². The maximum atomic E-state index is 12.1. The number of benzene rings is 1. The van der Waals surface area contributed by atoms with E-state index in [0.717, 1.165) is 6.42 Å². The molecule has 0 saturated carbocycles. The van der Waals surface area contributed by atoms with E-state index in [0.29, 0.717) is 23.6 Å². The van der Waals surface area contributed by atoms with Crippen LogP contribution < -0.4 is 20.5 Å². The van der Waals surface area contributed by atoms with Crippen LogP contribution in [0.15, 0.2) is 18.2 Å². The molecule has 0 aromatic heterocycles. The highest BCUT2D eigenvalue weighted by Gasteiger charge is 2.17. The van der Waals surface area contributed by atoms with Crippen LogP contribution in [0.2, 0.25) is 0 Å². The third-order valence-electron chi connectivity index (χ3n) is 2.62. The molecule has 5 nitrogen and oxygen atoms in total. The Morgan fingerprint density at radius 3 is 2.67 bits per heavy atom. The SMILES string of the molecule is COc1cccc(C(=O)NC(C)CCN)c1OC. The lowest BCUT2D eigenvalue weighted by atomic mass is 10.1. The Bertz CT molecular complexity index is 407. The van der Waals surface area contributed by atoms with Crippen molar-refractivity contribution in [3.05, 3.63) is 23.8 Å². The summed E-state index contributed by atoms with van der Waals surface area (Å²) in [6, 6.07) is 5.23. The predicted molar refractivity (Wildman–Crippen MR) is 70.1 cm³/mol. The molecule has 0 saturated heterocycles. The van der Waals surface area contributed by atoms with Crippen molar-refractivity contribution in [1.29, 1.82) is 0 Å². The van der Waals surface area contributed by atoms with Crippen molar-refractivity contribution in [2.24, 2.45) is 5.73 Å². The van der Waals surface area contributed by atoms with Crippen molar-refractivity contribution < 1.29 is 14.3 Å². The molecule has 0 radical (unpaired) electrons. The Hall–Kier alpha value is -1.75. The molecule has 0 fully saturated rings. The second-order valence-electron chi connectivity index (χ2n) is 3.99. The van der Waals surface area contributed by atoms with Gasteiger partial charge in [-0.1, -0.05) is 6.07 Å². The van der Waals surface area contributed by atoms with Crippen LogP contribution in [0.4, 0.5) is 0 Å². The van der Waals surface area contributed by atoms with Gasteiger partial charge in [-0.05, 0) is 32.0 Å². The fourth-order valence-corrected chi connectivity index (χ4v) is 1.69. The average Bonchev–Trinajstić information content (AvgIpc) is 2.37. The van der Waals surface area contributed by atoms with Crippen molar-refractivity contribution >= 4 is 5.91 Å². The molecule has 0 aliphatic carbocycles. The van der Waals surface area contributed by atoms with Crippen LogP contribution in [0.1, 0.15) is 23.7 Å². The first-order valence-corrected chi connectivity index (χ1v) is 5.86. The molecule has 0 spiro atoms. The first-order chi connectivity index (χ1) is 8.63. The van der Waals surface area contributed by atoms with Gasteiger partial charge in [0.1, 0.15) is 0 Å². The second-order valence-corrected chi connectivity index (χ2v) is 3.99. The Kier molecular flexibility index (Phi) is 5.45. The number of nitrogens with two attached hydrogens (primary N) is 1. The summed E-state index contributed by atoms with van der Waals surface area (Å²) in [5.74, 6) is 0.792. The van der Waals surface area contributed by atoms with Gasteiger partial charge in [0.15, 0.2) is 11.5 Å². The highest BCUT2D eigenvalue weighted by Crippen LogP contribution is 2.30. The van der Waals surface area contributed by atoms with Gasteiger partial charge in [-0.25, -0.2) is 0 Å². The second kappa shape index (κ2) is 6.86. The molecule has 0 bridgehead atoms. The largest absolute Gasteiger partial charge is 0.493 e. The van der Waals surface area contributed by atoms with Crippen molar-refractivity contribution in [2.75, 3.05) is 20.8 Å². The number of rotatable bonds is 6. The van der Waals surface area contributed by atoms with E-state index in [1.54, 1.807) is 18.2 Å². The lowest BCUT2D eigenvalue weighted by molar-refractivity contribution is 0.0935. The van der Waals surface area contributed by atoms with Crippen LogP contribution in [0.3, 0.4) is 0 Å². The van der Waals surface area contributed by atoms with Crippen LogP contribution in [0.5, 0.6) is 11.5 Å². The lowest BCUT2D eigenvalue weighted by Crippen LogP contribution is -2.34. The van der Waals surface area contributed by atoms with Crippen LogP contribution >= 0.6 is 0 Å². The lowest BCUT2D eigenvalue weighted by Gasteiger charge is -2.15. The molecule has 5 heteroatoms. The van der Waals surface area contributed by atoms with Crippen molar-refractivity contribution in [3.8, 4) is 11.5 Å². The zero-order valence-electron chi connectivity index (χ0n) is 11.0. The summed E-state index contributed by atoms with van der Waals surface area (Å²) in [5, 5.41) is 2.87. The summed E-state index contributed by atoms with van der Waals surface area (Å²) >= 11 is 0. The van der Waals surface area contributed by atoms with Gasteiger partial charge >= 0.3 is 0 Å². The molecule has 0 aliphatic rings. The van der Waals surface area contributed by atoms with E-state index in [4.69, 9.17) is 15.2 Å². The molecule has 1 aromatic carbocycles. The molecule has 1 unspecified atom stereocenters. The summed E-state index contributed by atoms with van der Waals surface area (Å²) in [6.45, 7) is 2.45. The van der Waals surface area contributed by atoms with Gasteiger partial charge < -0.3 is 20.5 Å². The van der Waals surface area contributed by atoms with E-state index in [1.165, 1.54) is 14.2 Å². The van der Waals surface area contributed by atoms with E-state index in [2.05, 4.69) is 5.32 Å². The molecule has 1 aromatic rings. The molecule has 3 N–H and O–H groups in total. The van der Waals surface area contributed by atoms with Gasteiger partial charge in [0, 0.05) is 6.04 Å². The maximum Gasteiger partial charge on any atom is 0.255 e. The Morgan fingerprint density at radius 2 is 2.11 bits per heavy atom. The fraction of sp³-hybridized carbons (Fsp3) is 0.462. The molecule has 18 heavy (non-hydrogen) atoms. The first kappa shape index (κ1) is 14.3. The predicted octanol–water partition coefficient (Wildman–Crippen LogP) is 1.17. The summed E-state index contributed by atoms with van der Waals surface area (Å²) in [5.41, 5.74) is 5.91. The van der Waals surface area contributed by atoms with E-state index < -0.39 is 0 Å². The molecule has 0 heterocycles. The number of methoxy groups -OCH3 is 2. The van der Waals surface area contributed by atoms with Gasteiger partial charge in [0.25, 0.3) is 5.91 Å². The Balaban J connectivity index is 2.91. The monoisotopic (exact) mass is 252 g/mol. The summed E-state index contributed by atoms with van der Waals surface area (Å²) < 4.78 is 10.4. The van der Waals surface area contributed by atoms with Crippen molar-refractivity contribution in [1.82, 2.24) is 5.32 Å². The zero-order valence-corrected chi connectivity index (χ0v) is 11.0. The summed E-state index contributed by atoms with van der Waals surface area (Å²) in [4.78, 5) is 12.1. The number of para-hydroxylation sites is 1. The number of amides is 1. The minimum atomic E-state index is -0.188. The van der Waals surface area contributed by atoms with Gasteiger partial charge in [0.05, 0.1) is 19.8 Å². The molecular formula is C13H20N2O3. The van der Waals surface area contributed by atoms with Crippen LogP contribution in [0.25, 0.3) is 0 Å². The number of hydrogen-bond acceptors (Lipinski definition) is 4. The van der Waals surface area contributed by atoms with E-state index >= 15 is 0 Å². The number of carbonyl (C=O) groups excluding carboxylic acids is 1. The highest BCUT2D eigenvalue weighted by atomic mass is 16.5. The van der Waals surface area contributed by atoms with E-state index in [1.807, 2.05) is 6.92 Å². The minimum Gasteiger partial charge on any atom is -0.493 e.